The van der Waals surface area contributed by atoms with Gasteiger partial charge in [-0.05, 0) is 48.2 Å². The summed E-state index contributed by atoms with van der Waals surface area (Å²) in [6.45, 7) is 0. The number of hydrazine groups is 1. The van der Waals surface area contributed by atoms with Crippen LogP contribution in [0.4, 0.5) is 8.78 Å². The topological polar surface area (TPSA) is 38.0 Å². The Morgan fingerprint density at radius 3 is 2.10 bits per heavy atom. The molecule has 0 aliphatic carbocycles. The molecule has 0 aromatic heterocycles. The Bertz CT molecular complexity index is 615. The molecule has 0 saturated carbocycles. The number of nitrogens with two attached hydrogens (primary N) is 1. The molecule has 1 unspecified atom stereocenters. The molecule has 2 rings (SSSR count). The van der Waals surface area contributed by atoms with E-state index >= 15 is 0 Å². The van der Waals surface area contributed by atoms with Crippen molar-refractivity contribution in [3.05, 3.63) is 69.2 Å². The van der Waals surface area contributed by atoms with Crippen LogP contribution >= 0.6 is 23.2 Å². The van der Waals surface area contributed by atoms with Crippen molar-refractivity contribution in [2.75, 3.05) is 0 Å². The minimum atomic E-state index is -0.602. The zero-order chi connectivity index (χ0) is 15.4. The Balaban J connectivity index is 2.10. The lowest BCUT2D eigenvalue weighted by molar-refractivity contribution is 0.516. The average Bonchev–Trinajstić information content (AvgIpc) is 2.41. The third kappa shape index (κ3) is 4.64. The minimum Gasteiger partial charge on any atom is -0.271 e. The maximum absolute atomic E-state index is 13.2. The Hall–Kier alpha value is -1.20. The van der Waals surface area contributed by atoms with Crippen molar-refractivity contribution in [3.8, 4) is 0 Å². The van der Waals surface area contributed by atoms with E-state index < -0.39 is 11.6 Å². The molecule has 0 aliphatic rings. The van der Waals surface area contributed by atoms with E-state index in [0.717, 1.165) is 11.6 Å². The molecule has 1 atom stereocenters. The lowest BCUT2D eigenvalue weighted by atomic mass is 9.99. The Morgan fingerprint density at radius 1 is 0.905 bits per heavy atom. The second-order valence-corrected chi connectivity index (χ2v) is 5.61. The molecule has 2 nitrogen and oxygen atoms in total. The normalized spacial score (nSPS) is 12.4. The zero-order valence-electron chi connectivity index (χ0n) is 11.0. The van der Waals surface area contributed by atoms with Crippen LogP contribution in [0.2, 0.25) is 10.0 Å². The van der Waals surface area contributed by atoms with Crippen LogP contribution in [-0.4, -0.2) is 6.04 Å². The second kappa shape index (κ2) is 7.18. The molecule has 2 aromatic carbocycles. The maximum atomic E-state index is 13.2. The first-order valence-electron chi connectivity index (χ1n) is 6.33. The van der Waals surface area contributed by atoms with E-state index in [0.29, 0.717) is 28.5 Å². The molecule has 0 fully saturated rings. The van der Waals surface area contributed by atoms with Crippen LogP contribution in [0.15, 0.2) is 36.4 Å². The molecule has 6 heteroatoms. The molecule has 0 bridgehead atoms. The van der Waals surface area contributed by atoms with E-state index in [1.807, 2.05) is 6.07 Å². The van der Waals surface area contributed by atoms with E-state index in [1.54, 1.807) is 12.1 Å². The van der Waals surface area contributed by atoms with Gasteiger partial charge in [-0.2, -0.15) is 0 Å². The molecule has 0 radical (unpaired) electrons. The smallest absolute Gasteiger partial charge is 0.126 e. The summed E-state index contributed by atoms with van der Waals surface area (Å²) in [5.41, 5.74) is 4.12. The van der Waals surface area contributed by atoms with Crippen LogP contribution in [-0.2, 0) is 12.8 Å². The van der Waals surface area contributed by atoms with Gasteiger partial charge in [-0.1, -0.05) is 29.3 Å². The standard InChI is InChI=1S/C15H14Cl2F2N2/c16-14-2-1-9(7-15(14)17)5-13(21-20)6-10-3-11(18)8-12(19)4-10/h1-4,7-8,13,21H,5-6,20H2. The molecule has 0 amide bonds. The van der Waals surface area contributed by atoms with E-state index in [2.05, 4.69) is 5.43 Å². The first-order valence-corrected chi connectivity index (χ1v) is 7.08. The van der Waals surface area contributed by atoms with Crippen LogP contribution in [0.3, 0.4) is 0 Å². The Labute approximate surface area is 131 Å². The summed E-state index contributed by atoms with van der Waals surface area (Å²) in [7, 11) is 0. The van der Waals surface area contributed by atoms with Gasteiger partial charge in [0.05, 0.1) is 10.0 Å². The van der Waals surface area contributed by atoms with Gasteiger partial charge in [0, 0.05) is 12.1 Å². The van der Waals surface area contributed by atoms with Crippen molar-refractivity contribution in [2.24, 2.45) is 5.84 Å². The number of benzene rings is 2. The van der Waals surface area contributed by atoms with Gasteiger partial charge in [-0.3, -0.25) is 11.3 Å². The molecule has 0 heterocycles. The predicted molar refractivity (Wildman–Crippen MR) is 81.3 cm³/mol. The second-order valence-electron chi connectivity index (χ2n) is 4.80. The molecule has 2 aromatic rings. The van der Waals surface area contributed by atoms with Gasteiger partial charge in [0.25, 0.3) is 0 Å². The molecule has 0 aliphatic heterocycles. The van der Waals surface area contributed by atoms with Crippen molar-refractivity contribution in [3.63, 3.8) is 0 Å². The summed E-state index contributed by atoms with van der Waals surface area (Å²) in [5, 5.41) is 0.937. The van der Waals surface area contributed by atoms with Gasteiger partial charge in [-0.25, -0.2) is 8.78 Å². The van der Waals surface area contributed by atoms with Crippen molar-refractivity contribution >= 4 is 23.2 Å². The summed E-state index contributed by atoms with van der Waals surface area (Å²) in [4.78, 5) is 0. The van der Waals surface area contributed by atoms with Gasteiger partial charge in [0.1, 0.15) is 11.6 Å². The summed E-state index contributed by atoms with van der Waals surface area (Å²) < 4.78 is 26.4. The molecular weight excluding hydrogens is 317 g/mol. The molecule has 112 valence electrons. The highest BCUT2D eigenvalue weighted by Gasteiger charge is 2.11. The predicted octanol–water partition coefficient (Wildman–Crippen LogP) is 3.89. The third-order valence-electron chi connectivity index (χ3n) is 3.11. The van der Waals surface area contributed by atoms with Gasteiger partial charge in [0.2, 0.25) is 0 Å². The summed E-state index contributed by atoms with van der Waals surface area (Å²) in [6, 6.07) is 8.54. The first-order chi connectivity index (χ1) is 9.97. The molecule has 21 heavy (non-hydrogen) atoms. The quantitative estimate of drug-likeness (QED) is 0.644. The fourth-order valence-electron chi connectivity index (χ4n) is 2.15. The number of halogens is 4. The van der Waals surface area contributed by atoms with Crippen LogP contribution in [0.1, 0.15) is 11.1 Å². The van der Waals surface area contributed by atoms with Gasteiger partial charge in [-0.15, -0.1) is 0 Å². The maximum Gasteiger partial charge on any atom is 0.126 e. The molecule has 0 spiro atoms. The number of rotatable bonds is 5. The van der Waals surface area contributed by atoms with Crippen LogP contribution in [0, 0.1) is 11.6 Å². The highest BCUT2D eigenvalue weighted by Crippen LogP contribution is 2.23. The lowest BCUT2D eigenvalue weighted by Crippen LogP contribution is -2.38. The van der Waals surface area contributed by atoms with Crippen molar-refractivity contribution in [1.29, 1.82) is 0 Å². The number of nitrogens with one attached hydrogen (secondary N) is 1. The Morgan fingerprint density at radius 2 is 1.52 bits per heavy atom. The molecule has 3 N–H and O–H groups in total. The largest absolute Gasteiger partial charge is 0.271 e. The van der Waals surface area contributed by atoms with Crippen LogP contribution in [0.5, 0.6) is 0 Å². The summed E-state index contributed by atoms with van der Waals surface area (Å²) in [6.07, 6.45) is 0.955. The Kier molecular flexibility index (Phi) is 5.53. The first kappa shape index (κ1) is 16.2. The summed E-state index contributed by atoms with van der Waals surface area (Å²) in [5.74, 6) is 4.31. The molecular formula is C15H14Cl2F2N2. The van der Waals surface area contributed by atoms with Crippen molar-refractivity contribution in [2.45, 2.75) is 18.9 Å². The van der Waals surface area contributed by atoms with Crippen LogP contribution in [0.25, 0.3) is 0 Å². The number of hydrogen-bond acceptors (Lipinski definition) is 2. The highest BCUT2D eigenvalue weighted by molar-refractivity contribution is 6.42. The van der Waals surface area contributed by atoms with Gasteiger partial charge >= 0.3 is 0 Å². The van der Waals surface area contributed by atoms with E-state index in [9.17, 15) is 8.78 Å². The van der Waals surface area contributed by atoms with E-state index in [4.69, 9.17) is 29.0 Å². The van der Waals surface area contributed by atoms with Gasteiger partial charge < -0.3 is 0 Å². The van der Waals surface area contributed by atoms with Crippen molar-refractivity contribution in [1.82, 2.24) is 5.43 Å². The highest BCUT2D eigenvalue weighted by atomic mass is 35.5. The number of hydrogen-bond donors (Lipinski definition) is 2. The van der Waals surface area contributed by atoms with E-state index in [1.165, 1.54) is 12.1 Å². The fraction of sp³-hybridized carbons (Fsp3) is 0.200. The monoisotopic (exact) mass is 330 g/mol. The van der Waals surface area contributed by atoms with Crippen molar-refractivity contribution < 1.29 is 8.78 Å². The minimum absolute atomic E-state index is 0.177. The SMILES string of the molecule is NNC(Cc1cc(F)cc(F)c1)Cc1ccc(Cl)c(Cl)c1. The lowest BCUT2D eigenvalue weighted by Gasteiger charge is -2.16. The summed E-state index contributed by atoms with van der Waals surface area (Å²) >= 11 is 11.8. The average molecular weight is 331 g/mol. The van der Waals surface area contributed by atoms with E-state index in [-0.39, 0.29) is 6.04 Å². The van der Waals surface area contributed by atoms with Gasteiger partial charge in [0.15, 0.2) is 0 Å². The zero-order valence-corrected chi connectivity index (χ0v) is 12.6. The molecule has 0 saturated heterocycles. The third-order valence-corrected chi connectivity index (χ3v) is 3.85. The fourth-order valence-corrected chi connectivity index (χ4v) is 2.48. The van der Waals surface area contributed by atoms with Crippen LogP contribution < -0.4 is 11.3 Å².